The molecule has 4 aromatic rings. The van der Waals surface area contributed by atoms with E-state index in [1.807, 2.05) is 6.07 Å². The summed E-state index contributed by atoms with van der Waals surface area (Å²) in [5.74, 6) is -6.38. The zero-order valence-electron chi connectivity index (χ0n) is 33.0. The number of amides is 1. The van der Waals surface area contributed by atoms with Crippen LogP contribution in [0, 0.1) is 23.0 Å². The van der Waals surface area contributed by atoms with E-state index in [4.69, 9.17) is 28.9 Å². The standard InChI is InChI=1S/C42H45F4N7O5/c1-39(2,3)58-38(54)53-41(45)14-15-42(53,46)30-9-5-8-29-32-35(49-37(50-36(32)52(30)21-41)56-22-40-12-6-16-51(40)17-7-13-40)33(44)34(48-29)26-19-25(57-23-55-4)18-24-10-11-28(43)27(20-47)31(24)26/h10-11,18-19,30H,5-9,12-17,21-23H2,1-4H3/t30-,41-,42+/m1/s1. The molecule has 306 valence electrons. The largest absolute Gasteiger partial charge is 0.468 e. The number of ether oxygens (including phenoxy) is 4. The van der Waals surface area contributed by atoms with E-state index >= 15 is 17.6 Å². The Hall–Kier alpha value is -5.01. The molecular weight excluding hydrogens is 758 g/mol. The molecule has 7 heterocycles. The fourth-order valence-corrected chi connectivity index (χ4v) is 10.1. The number of methoxy groups -OCH3 is 1. The second kappa shape index (κ2) is 13.8. The van der Waals surface area contributed by atoms with E-state index in [0.29, 0.717) is 22.4 Å². The van der Waals surface area contributed by atoms with Crippen molar-refractivity contribution in [2.45, 2.75) is 107 Å². The molecule has 0 unspecified atom stereocenters. The van der Waals surface area contributed by atoms with Gasteiger partial charge in [0.05, 0.1) is 34.8 Å². The van der Waals surface area contributed by atoms with Gasteiger partial charge in [0.2, 0.25) is 11.6 Å². The molecule has 5 aliphatic heterocycles. The van der Waals surface area contributed by atoms with Gasteiger partial charge in [-0.2, -0.15) is 15.2 Å². The normalized spacial score (nSPS) is 25.0. The van der Waals surface area contributed by atoms with Crippen LogP contribution in [0.4, 0.5) is 28.2 Å². The highest BCUT2D eigenvalue weighted by Gasteiger charge is 2.69. The Labute approximate surface area is 333 Å². The smallest absolute Gasteiger partial charge is 0.415 e. The van der Waals surface area contributed by atoms with E-state index in [9.17, 15) is 10.1 Å². The number of hydrogen-bond acceptors (Lipinski definition) is 11. The number of aromatic nitrogens is 3. The number of hydrogen-bond donors (Lipinski definition) is 0. The lowest BCUT2D eigenvalue weighted by Crippen LogP contribution is -2.71. The Morgan fingerprint density at radius 2 is 1.78 bits per heavy atom. The van der Waals surface area contributed by atoms with Gasteiger partial charge in [-0.3, -0.25) is 4.90 Å². The average molecular weight is 804 g/mol. The summed E-state index contributed by atoms with van der Waals surface area (Å²) in [6.07, 6.45) is 2.87. The lowest BCUT2D eigenvalue weighted by molar-refractivity contribution is -0.133. The number of carbonyl (C=O) groups is 1. The van der Waals surface area contributed by atoms with Crippen molar-refractivity contribution in [3.05, 3.63) is 47.2 Å². The summed E-state index contributed by atoms with van der Waals surface area (Å²) >= 11 is 0. The van der Waals surface area contributed by atoms with E-state index in [1.54, 1.807) is 26.8 Å². The van der Waals surface area contributed by atoms with Crippen LogP contribution in [0.1, 0.15) is 83.4 Å². The zero-order chi connectivity index (χ0) is 40.8. The van der Waals surface area contributed by atoms with Crippen molar-refractivity contribution >= 4 is 33.6 Å². The molecule has 9 rings (SSSR count). The highest BCUT2D eigenvalue weighted by Crippen LogP contribution is 2.55. The van der Waals surface area contributed by atoms with E-state index in [-0.39, 0.29) is 95.3 Å². The summed E-state index contributed by atoms with van der Waals surface area (Å²) in [4.78, 5) is 32.4. The molecule has 0 radical (unpaired) electrons. The Balaban J connectivity index is 1.25. The van der Waals surface area contributed by atoms with Crippen LogP contribution in [0.3, 0.4) is 0 Å². The van der Waals surface area contributed by atoms with Crippen LogP contribution in [0.25, 0.3) is 32.9 Å². The molecule has 12 nitrogen and oxygen atoms in total. The third kappa shape index (κ3) is 6.06. The first-order valence-electron chi connectivity index (χ1n) is 19.9. The number of halogens is 4. The predicted octanol–water partition coefficient (Wildman–Crippen LogP) is 7.87. The molecule has 2 aromatic heterocycles. The minimum Gasteiger partial charge on any atom is -0.468 e. The van der Waals surface area contributed by atoms with Gasteiger partial charge in [-0.15, -0.1) is 0 Å². The molecule has 2 bridgehead atoms. The van der Waals surface area contributed by atoms with Gasteiger partial charge in [-0.1, -0.05) is 6.07 Å². The highest BCUT2D eigenvalue weighted by atomic mass is 19.2. The van der Waals surface area contributed by atoms with E-state index in [0.717, 1.165) is 44.8 Å². The number of fused-ring (bicyclic) bond motifs is 7. The Morgan fingerprint density at radius 3 is 2.50 bits per heavy atom. The summed E-state index contributed by atoms with van der Waals surface area (Å²) in [6, 6.07) is 6.38. The molecule has 0 aliphatic carbocycles. The molecule has 2 aromatic carbocycles. The van der Waals surface area contributed by atoms with Crippen LogP contribution >= 0.6 is 0 Å². The number of anilines is 1. The number of aryl methyl sites for hydroxylation is 1. The van der Waals surface area contributed by atoms with Crippen LogP contribution in [-0.4, -0.2) is 99.8 Å². The van der Waals surface area contributed by atoms with Crippen molar-refractivity contribution in [1.29, 1.82) is 5.26 Å². The number of alkyl halides is 2. The number of benzene rings is 2. The summed E-state index contributed by atoms with van der Waals surface area (Å²) in [5, 5.41) is 10.8. The van der Waals surface area contributed by atoms with E-state index in [2.05, 4.69) is 9.88 Å². The molecule has 3 atom stereocenters. The molecule has 5 aliphatic rings. The number of nitriles is 1. The molecule has 16 heteroatoms. The van der Waals surface area contributed by atoms with Crippen molar-refractivity contribution in [2.24, 2.45) is 0 Å². The molecule has 0 saturated carbocycles. The summed E-state index contributed by atoms with van der Waals surface area (Å²) in [6.45, 7) is 6.42. The number of carbonyl (C=O) groups excluding carboxylic acids is 1. The molecule has 1 amide bonds. The maximum atomic E-state index is 17.7. The molecule has 0 spiro atoms. The third-order valence-corrected chi connectivity index (χ3v) is 12.5. The molecule has 4 fully saturated rings. The number of rotatable bonds is 7. The lowest BCUT2D eigenvalue weighted by atomic mass is 9.90. The lowest BCUT2D eigenvalue weighted by Gasteiger charge is -2.52. The van der Waals surface area contributed by atoms with Crippen molar-refractivity contribution in [3.8, 4) is 29.1 Å². The quantitative estimate of drug-likeness (QED) is 0.103. The summed E-state index contributed by atoms with van der Waals surface area (Å²) in [7, 11) is 1.45. The first kappa shape index (κ1) is 38.5. The fraction of sp³-hybridized carbons (Fsp3) is 0.548. The maximum Gasteiger partial charge on any atom is 0.415 e. The Bertz CT molecular complexity index is 2380. The minimum atomic E-state index is -2.48. The fourth-order valence-electron chi connectivity index (χ4n) is 10.1. The van der Waals surface area contributed by atoms with Gasteiger partial charge in [-0.05, 0) is 102 Å². The second-order valence-corrected chi connectivity index (χ2v) is 17.2. The van der Waals surface area contributed by atoms with Crippen molar-refractivity contribution in [2.75, 3.05) is 45.0 Å². The van der Waals surface area contributed by atoms with E-state index < -0.39 is 47.5 Å². The number of pyridine rings is 1. The van der Waals surface area contributed by atoms with Crippen LogP contribution in [-0.2, 0) is 15.9 Å². The Kier molecular flexibility index (Phi) is 9.16. The monoisotopic (exact) mass is 803 g/mol. The topological polar surface area (TPSA) is 126 Å². The SMILES string of the molecule is COCOc1cc(-c2nc3c4c(nc(OCC56CCCN5CCC6)nc4c2F)N2C[C@@]4(F)CC[C@@](F)([C@H]2CCC3)N4C(=O)OC(C)(C)C)c2c(C#N)c(F)ccc2c1. The second-order valence-electron chi connectivity index (χ2n) is 17.2. The van der Waals surface area contributed by atoms with Crippen molar-refractivity contribution in [1.82, 2.24) is 24.8 Å². The van der Waals surface area contributed by atoms with Gasteiger partial charge < -0.3 is 23.8 Å². The van der Waals surface area contributed by atoms with Gasteiger partial charge in [0, 0.05) is 30.9 Å². The van der Waals surface area contributed by atoms with Crippen molar-refractivity contribution in [3.63, 3.8) is 0 Å². The summed E-state index contributed by atoms with van der Waals surface area (Å²) in [5.41, 5.74) is -1.54. The van der Waals surface area contributed by atoms with Crippen LogP contribution < -0.4 is 14.4 Å². The molecule has 0 N–H and O–H groups in total. The maximum absolute atomic E-state index is 17.7. The highest BCUT2D eigenvalue weighted by molar-refractivity contribution is 6.03. The van der Waals surface area contributed by atoms with Gasteiger partial charge in [0.15, 0.2) is 12.6 Å². The van der Waals surface area contributed by atoms with Gasteiger partial charge in [0.25, 0.3) is 0 Å². The van der Waals surface area contributed by atoms with Crippen LogP contribution in [0.15, 0.2) is 24.3 Å². The van der Waals surface area contributed by atoms with Gasteiger partial charge in [-0.25, -0.2) is 32.2 Å². The Morgan fingerprint density at radius 1 is 1.00 bits per heavy atom. The van der Waals surface area contributed by atoms with Gasteiger partial charge in [0.1, 0.15) is 46.9 Å². The zero-order valence-corrected chi connectivity index (χ0v) is 33.0. The van der Waals surface area contributed by atoms with Crippen LogP contribution in [0.5, 0.6) is 11.8 Å². The average Bonchev–Trinajstić information content (AvgIpc) is 3.82. The molecular formula is C42H45F4N7O5. The summed E-state index contributed by atoms with van der Waals surface area (Å²) < 4.78 is 90.7. The minimum absolute atomic E-state index is 0.0467. The number of nitrogens with zero attached hydrogens (tertiary/aromatic N) is 7. The molecule has 58 heavy (non-hydrogen) atoms. The van der Waals surface area contributed by atoms with Crippen LogP contribution in [0.2, 0.25) is 0 Å². The first-order valence-corrected chi connectivity index (χ1v) is 19.9. The predicted molar refractivity (Wildman–Crippen MR) is 205 cm³/mol. The van der Waals surface area contributed by atoms with Gasteiger partial charge >= 0.3 is 12.1 Å². The van der Waals surface area contributed by atoms with Crippen molar-refractivity contribution < 1.29 is 41.3 Å². The van der Waals surface area contributed by atoms with E-state index in [1.165, 1.54) is 24.1 Å². The third-order valence-electron chi connectivity index (χ3n) is 12.5. The number of piperazine rings is 1. The molecule has 4 saturated heterocycles. The first-order chi connectivity index (χ1) is 27.7.